The second kappa shape index (κ2) is 4.31. The summed E-state index contributed by atoms with van der Waals surface area (Å²) in [6, 6.07) is 4.08. The Bertz CT molecular complexity index is 454. The van der Waals surface area contributed by atoms with Crippen LogP contribution >= 0.6 is 11.3 Å². The molecular weight excluding hydrogens is 206 g/mol. The van der Waals surface area contributed by atoms with E-state index in [1.165, 1.54) is 4.88 Å². The van der Waals surface area contributed by atoms with Crippen LogP contribution in [0.15, 0.2) is 17.5 Å². The van der Waals surface area contributed by atoms with Gasteiger partial charge in [0, 0.05) is 4.88 Å². The quantitative estimate of drug-likeness (QED) is 0.776. The van der Waals surface area contributed by atoms with E-state index in [2.05, 4.69) is 21.0 Å². The summed E-state index contributed by atoms with van der Waals surface area (Å²) in [5, 5.41) is 2.05. The summed E-state index contributed by atoms with van der Waals surface area (Å²) in [4.78, 5) is 13.8. The molecule has 0 saturated heterocycles. The number of thiophene rings is 1. The number of nitrogens with zero attached hydrogens (tertiary/aromatic N) is 3. The van der Waals surface area contributed by atoms with E-state index in [0.717, 1.165) is 11.6 Å². The molecule has 0 aromatic carbocycles. The molecule has 2 rings (SSSR count). The molecular formula is C11H11N3S. The van der Waals surface area contributed by atoms with Gasteiger partial charge in [0.05, 0.1) is 0 Å². The van der Waals surface area contributed by atoms with Crippen molar-refractivity contribution in [3.8, 4) is 0 Å². The molecule has 0 radical (unpaired) electrons. The van der Waals surface area contributed by atoms with Gasteiger partial charge in [0.1, 0.15) is 11.6 Å². The van der Waals surface area contributed by atoms with Crippen molar-refractivity contribution in [2.75, 3.05) is 0 Å². The minimum atomic E-state index is 0.716. The molecule has 0 spiro atoms. The Morgan fingerprint density at radius 2 is 1.80 bits per heavy atom. The molecule has 76 valence electrons. The van der Waals surface area contributed by atoms with Gasteiger partial charge in [-0.25, -0.2) is 15.0 Å². The van der Waals surface area contributed by atoms with E-state index in [9.17, 15) is 0 Å². The van der Waals surface area contributed by atoms with Crippen molar-refractivity contribution in [2.24, 2.45) is 0 Å². The number of rotatable bonds is 2. The molecule has 0 unspecified atom stereocenters. The highest BCUT2D eigenvalue weighted by Crippen LogP contribution is 2.11. The van der Waals surface area contributed by atoms with Crippen molar-refractivity contribution in [3.05, 3.63) is 39.9 Å². The highest BCUT2D eigenvalue weighted by molar-refractivity contribution is 7.10. The first-order valence-corrected chi connectivity index (χ1v) is 5.53. The van der Waals surface area contributed by atoms with Crippen molar-refractivity contribution in [1.82, 2.24) is 15.0 Å². The van der Waals surface area contributed by atoms with E-state index in [4.69, 9.17) is 0 Å². The van der Waals surface area contributed by atoms with Gasteiger partial charge in [-0.1, -0.05) is 6.07 Å². The fourth-order valence-corrected chi connectivity index (χ4v) is 1.88. The average molecular weight is 217 g/mol. The van der Waals surface area contributed by atoms with E-state index in [-0.39, 0.29) is 0 Å². The maximum absolute atomic E-state index is 4.23. The standard InChI is InChI=1S/C11H11N3S/c1-8-12-9(2)14-11(13-8)6-5-10-4-3-7-15-10/h3-7H,1-2H3/b6-5+. The first-order valence-electron chi connectivity index (χ1n) is 4.65. The van der Waals surface area contributed by atoms with Crippen LogP contribution in [0.2, 0.25) is 0 Å². The van der Waals surface area contributed by atoms with Crippen molar-refractivity contribution >= 4 is 23.5 Å². The Kier molecular flexibility index (Phi) is 2.87. The lowest BCUT2D eigenvalue weighted by atomic mass is 10.4. The lowest BCUT2D eigenvalue weighted by Crippen LogP contribution is -1.97. The second-order valence-corrected chi connectivity index (χ2v) is 4.12. The summed E-state index contributed by atoms with van der Waals surface area (Å²) < 4.78 is 0. The molecule has 2 aromatic heterocycles. The average Bonchev–Trinajstić information content (AvgIpc) is 2.65. The van der Waals surface area contributed by atoms with Gasteiger partial charge in [-0.05, 0) is 37.4 Å². The van der Waals surface area contributed by atoms with Crippen molar-refractivity contribution in [1.29, 1.82) is 0 Å². The molecule has 2 heterocycles. The molecule has 0 fully saturated rings. The summed E-state index contributed by atoms with van der Waals surface area (Å²) in [6.07, 6.45) is 3.92. The van der Waals surface area contributed by atoms with Crippen LogP contribution in [-0.2, 0) is 0 Å². The van der Waals surface area contributed by atoms with Crippen LogP contribution in [0.3, 0.4) is 0 Å². The summed E-state index contributed by atoms with van der Waals surface area (Å²) in [6.45, 7) is 3.74. The predicted molar refractivity (Wildman–Crippen MR) is 62.5 cm³/mol. The van der Waals surface area contributed by atoms with Gasteiger partial charge in [0.2, 0.25) is 0 Å². The summed E-state index contributed by atoms with van der Waals surface area (Å²) in [5.41, 5.74) is 0. The maximum Gasteiger partial charge on any atom is 0.156 e. The fourth-order valence-electron chi connectivity index (χ4n) is 1.26. The monoisotopic (exact) mass is 217 g/mol. The van der Waals surface area contributed by atoms with E-state index >= 15 is 0 Å². The third-order valence-electron chi connectivity index (χ3n) is 1.82. The van der Waals surface area contributed by atoms with Crippen LogP contribution in [0.1, 0.15) is 22.4 Å². The Labute approximate surface area is 92.6 Å². The normalized spacial score (nSPS) is 11.1. The number of aromatic nitrogens is 3. The highest BCUT2D eigenvalue weighted by atomic mass is 32.1. The zero-order valence-corrected chi connectivity index (χ0v) is 9.45. The van der Waals surface area contributed by atoms with Gasteiger partial charge in [0.25, 0.3) is 0 Å². The Morgan fingerprint density at radius 3 is 2.40 bits per heavy atom. The second-order valence-electron chi connectivity index (χ2n) is 3.14. The largest absolute Gasteiger partial charge is 0.219 e. The zero-order chi connectivity index (χ0) is 10.7. The molecule has 0 saturated carbocycles. The minimum absolute atomic E-state index is 0.716. The van der Waals surface area contributed by atoms with E-state index < -0.39 is 0 Å². The van der Waals surface area contributed by atoms with Gasteiger partial charge in [0.15, 0.2) is 5.82 Å². The van der Waals surface area contributed by atoms with Crippen LogP contribution in [-0.4, -0.2) is 15.0 Å². The third-order valence-corrected chi connectivity index (χ3v) is 2.65. The molecule has 2 aromatic rings. The van der Waals surface area contributed by atoms with E-state index in [0.29, 0.717) is 5.82 Å². The van der Waals surface area contributed by atoms with Gasteiger partial charge >= 0.3 is 0 Å². The van der Waals surface area contributed by atoms with Gasteiger partial charge in [-0.15, -0.1) is 11.3 Å². The topological polar surface area (TPSA) is 38.7 Å². The first kappa shape index (κ1) is 9.98. The molecule has 0 aliphatic rings. The van der Waals surface area contributed by atoms with Crippen molar-refractivity contribution < 1.29 is 0 Å². The van der Waals surface area contributed by atoms with Gasteiger partial charge in [-0.2, -0.15) is 0 Å². The van der Waals surface area contributed by atoms with Gasteiger partial charge < -0.3 is 0 Å². The summed E-state index contributed by atoms with van der Waals surface area (Å²) >= 11 is 1.69. The lowest BCUT2D eigenvalue weighted by Gasteiger charge is -1.96. The number of hydrogen-bond donors (Lipinski definition) is 0. The lowest BCUT2D eigenvalue weighted by molar-refractivity contribution is 0.908. The van der Waals surface area contributed by atoms with Crippen LogP contribution in [0.5, 0.6) is 0 Å². The molecule has 0 N–H and O–H groups in total. The van der Waals surface area contributed by atoms with Crippen molar-refractivity contribution in [3.63, 3.8) is 0 Å². The molecule has 0 bridgehead atoms. The summed E-state index contributed by atoms with van der Waals surface area (Å²) in [7, 11) is 0. The Balaban J connectivity index is 2.24. The molecule has 0 amide bonds. The van der Waals surface area contributed by atoms with Crippen LogP contribution in [0.4, 0.5) is 0 Å². The van der Waals surface area contributed by atoms with Gasteiger partial charge in [-0.3, -0.25) is 0 Å². The minimum Gasteiger partial charge on any atom is -0.219 e. The number of aryl methyl sites for hydroxylation is 2. The number of hydrogen-bond acceptors (Lipinski definition) is 4. The molecule has 15 heavy (non-hydrogen) atoms. The third kappa shape index (κ3) is 2.70. The van der Waals surface area contributed by atoms with Crippen LogP contribution < -0.4 is 0 Å². The molecule has 0 aliphatic heterocycles. The first-order chi connectivity index (χ1) is 7.24. The smallest absolute Gasteiger partial charge is 0.156 e. The van der Waals surface area contributed by atoms with E-state index in [1.54, 1.807) is 11.3 Å². The molecule has 3 nitrogen and oxygen atoms in total. The van der Waals surface area contributed by atoms with Crippen LogP contribution in [0, 0.1) is 13.8 Å². The SMILES string of the molecule is Cc1nc(C)nc(/C=C/c2cccs2)n1. The molecule has 0 atom stereocenters. The predicted octanol–water partition coefficient (Wildman–Crippen LogP) is 2.72. The molecule has 4 heteroatoms. The Morgan fingerprint density at radius 1 is 1.07 bits per heavy atom. The van der Waals surface area contributed by atoms with E-state index in [1.807, 2.05) is 37.4 Å². The van der Waals surface area contributed by atoms with Crippen molar-refractivity contribution in [2.45, 2.75) is 13.8 Å². The zero-order valence-electron chi connectivity index (χ0n) is 8.64. The maximum atomic E-state index is 4.23. The molecule has 0 aliphatic carbocycles. The van der Waals surface area contributed by atoms with Crippen LogP contribution in [0.25, 0.3) is 12.2 Å². The fraction of sp³-hybridized carbons (Fsp3) is 0.182. The summed E-state index contributed by atoms with van der Waals surface area (Å²) in [5.74, 6) is 2.23. The highest BCUT2D eigenvalue weighted by Gasteiger charge is 1.96. The Hall–Kier alpha value is -1.55.